The molecule has 31 heavy (non-hydrogen) atoms. The van der Waals surface area contributed by atoms with E-state index in [2.05, 4.69) is 22.5 Å². The largest absolute Gasteiger partial charge is 0.494 e. The molecule has 0 spiro atoms. The van der Waals surface area contributed by atoms with Crippen molar-refractivity contribution in [1.82, 2.24) is 0 Å². The number of carbonyl (C=O) groups is 2. The fourth-order valence-corrected chi connectivity index (χ4v) is 2.96. The zero-order valence-electron chi connectivity index (χ0n) is 18.0. The van der Waals surface area contributed by atoms with Gasteiger partial charge in [-0.25, -0.2) is 0 Å². The highest BCUT2D eigenvalue weighted by molar-refractivity contribution is 6.06. The number of nitrogens with zero attached hydrogens (tertiary/aromatic N) is 1. The molecule has 3 aromatic carbocycles. The predicted molar refractivity (Wildman–Crippen MR) is 125 cm³/mol. The Morgan fingerprint density at radius 1 is 0.742 bits per heavy atom. The van der Waals surface area contributed by atoms with Crippen LogP contribution in [-0.4, -0.2) is 32.0 Å². The van der Waals surface area contributed by atoms with E-state index < -0.39 is 0 Å². The van der Waals surface area contributed by atoms with E-state index in [0.717, 1.165) is 18.0 Å². The molecule has 0 radical (unpaired) electrons. The molecule has 0 saturated carbocycles. The van der Waals surface area contributed by atoms with Crippen LogP contribution in [0.25, 0.3) is 0 Å². The first-order valence-electron chi connectivity index (χ1n) is 10.3. The molecule has 2 amide bonds. The summed E-state index contributed by atoms with van der Waals surface area (Å²) in [6.07, 6.45) is 0. The van der Waals surface area contributed by atoms with Gasteiger partial charge in [-0.15, -0.1) is 0 Å². The Hall–Kier alpha value is -3.80. The zero-order chi connectivity index (χ0) is 22.2. The number of ether oxygens (including phenoxy) is 1. The monoisotopic (exact) mass is 417 g/mol. The van der Waals surface area contributed by atoms with E-state index in [1.54, 1.807) is 48.5 Å². The van der Waals surface area contributed by atoms with Crippen LogP contribution in [0.15, 0.2) is 72.8 Å². The summed E-state index contributed by atoms with van der Waals surface area (Å²) in [7, 11) is 2.00. The second-order valence-corrected chi connectivity index (χ2v) is 7.00. The molecular formula is C25H27N3O3. The summed E-state index contributed by atoms with van der Waals surface area (Å²) in [5.41, 5.74) is 3.44. The van der Waals surface area contributed by atoms with Crippen molar-refractivity contribution in [1.29, 1.82) is 0 Å². The van der Waals surface area contributed by atoms with Gasteiger partial charge >= 0.3 is 0 Å². The van der Waals surface area contributed by atoms with Gasteiger partial charge in [-0.2, -0.15) is 0 Å². The van der Waals surface area contributed by atoms with Crippen molar-refractivity contribution in [2.24, 2.45) is 0 Å². The minimum Gasteiger partial charge on any atom is -0.494 e. The summed E-state index contributed by atoms with van der Waals surface area (Å²) >= 11 is 0. The van der Waals surface area contributed by atoms with E-state index in [1.807, 2.05) is 38.2 Å². The van der Waals surface area contributed by atoms with E-state index in [1.165, 1.54) is 0 Å². The Labute approximate surface area is 182 Å². The number of hydrogen-bond acceptors (Lipinski definition) is 4. The van der Waals surface area contributed by atoms with Gasteiger partial charge in [-0.1, -0.05) is 0 Å². The van der Waals surface area contributed by atoms with Crippen LogP contribution >= 0.6 is 0 Å². The molecule has 0 fully saturated rings. The molecule has 0 unspecified atom stereocenters. The van der Waals surface area contributed by atoms with Crippen LogP contribution in [-0.2, 0) is 0 Å². The molecule has 3 aromatic rings. The average molecular weight is 418 g/mol. The van der Waals surface area contributed by atoms with Crippen molar-refractivity contribution >= 4 is 28.9 Å². The van der Waals surface area contributed by atoms with Crippen molar-refractivity contribution in [3.05, 3.63) is 83.9 Å². The molecule has 0 atom stereocenters. The van der Waals surface area contributed by atoms with Crippen LogP contribution < -0.4 is 20.3 Å². The molecule has 0 aromatic heterocycles. The van der Waals surface area contributed by atoms with Crippen LogP contribution in [0, 0.1) is 0 Å². The minimum absolute atomic E-state index is 0.197. The maximum atomic E-state index is 12.5. The molecule has 0 aliphatic carbocycles. The molecular weight excluding hydrogens is 390 g/mol. The van der Waals surface area contributed by atoms with E-state index in [4.69, 9.17) is 4.74 Å². The Bertz CT molecular complexity index is 1010. The third kappa shape index (κ3) is 5.85. The number of benzene rings is 3. The Morgan fingerprint density at radius 2 is 1.19 bits per heavy atom. The van der Waals surface area contributed by atoms with Crippen LogP contribution in [0.5, 0.6) is 5.75 Å². The molecule has 160 valence electrons. The molecule has 0 bridgehead atoms. The second kappa shape index (κ2) is 10.3. The summed E-state index contributed by atoms with van der Waals surface area (Å²) in [6.45, 7) is 5.48. The van der Waals surface area contributed by atoms with Crippen molar-refractivity contribution in [2.75, 3.05) is 35.7 Å². The fraction of sp³-hybridized carbons (Fsp3) is 0.200. The highest BCUT2D eigenvalue weighted by Gasteiger charge is 2.09. The zero-order valence-corrected chi connectivity index (χ0v) is 18.0. The molecule has 3 rings (SSSR count). The first-order valence-corrected chi connectivity index (χ1v) is 10.3. The Kier molecular flexibility index (Phi) is 7.27. The lowest BCUT2D eigenvalue weighted by molar-refractivity contribution is 0.102. The molecule has 6 nitrogen and oxygen atoms in total. The standard InChI is InChI=1S/C25H27N3O3/c1-4-28(3)22-14-8-19(9-15-22)25(30)26-20-10-6-18(7-11-20)24(29)27-21-12-16-23(17-13-21)31-5-2/h6-17H,4-5H2,1-3H3,(H,26,30)(H,27,29). The third-order valence-electron chi connectivity index (χ3n) is 4.87. The first kappa shape index (κ1) is 21.9. The molecule has 0 aliphatic rings. The lowest BCUT2D eigenvalue weighted by atomic mass is 10.1. The van der Waals surface area contributed by atoms with Gasteiger partial charge in [0.2, 0.25) is 0 Å². The minimum atomic E-state index is -0.224. The first-order chi connectivity index (χ1) is 15.0. The van der Waals surface area contributed by atoms with E-state index >= 15 is 0 Å². The van der Waals surface area contributed by atoms with Gasteiger partial charge in [0.25, 0.3) is 11.8 Å². The fourth-order valence-electron chi connectivity index (χ4n) is 2.96. The van der Waals surface area contributed by atoms with Gasteiger partial charge in [-0.05, 0) is 86.6 Å². The van der Waals surface area contributed by atoms with Gasteiger partial charge in [-0.3, -0.25) is 9.59 Å². The predicted octanol–water partition coefficient (Wildman–Crippen LogP) is 5.05. The van der Waals surface area contributed by atoms with Crippen LogP contribution in [0.3, 0.4) is 0 Å². The molecule has 0 heterocycles. The molecule has 0 saturated heterocycles. The topological polar surface area (TPSA) is 70.7 Å². The van der Waals surface area contributed by atoms with Crippen LogP contribution in [0.2, 0.25) is 0 Å². The molecule has 6 heteroatoms. The molecule has 2 N–H and O–H groups in total. The van der Waals surface area contributed by atoms with Gasteiger partial charge < -0.3 is 20.3 Å². The third-order valence-corrected chi connectivity index (χ3v) is 4.87. The number of rotatable bonds is 8. The SMILES string of the molecule is CCOc1ccc(NC(=O)c2ccc(NC(=O)c3ccc(N(C)CC)cc3)cc2)cc1. The second-order valence-electron chi connectivity index (χ2n) is 7.00. The lowest BCUT2D eigenvalue weighted by Crippen LogP contribution is -2.16. The maximum Gasteiger partial charge on any atom is 0.255 e. The number of anilines is 3. The van der Waals surface area contributed by atoms with Crippen molar-refractivity contribution in [3.8, 4) is 5.75 Å². The van der Waals surface area contributed by atoms with Crippen molar-refractivity contribution in [3.63, 3.8) is 0 Å². The lowest BCUT2D eigenvalue weighted by Gasteiger charge is -2.16. The smallest absolute Gasteiger partial charge is 0.255 e. The summed E-state index contributed by atoms with van der Waals surface area (Å²) in [5, 5.41) is 5.70. The normalized spacial score (nSPS) is 10.3. The quantitative estimate of drug-likeness (QED) is 0.538. The van der Waals surface area contributed by atoms with Gasteiger partial charge in [0.1, 0.15) is 5.75 Å². The summed E-state index contributed by atoms with van der Waals surface area (Å²) < 4.78 is 5.40. The van der Waals surface area contributed by atoms with Gasteiger partial charge in [0.05, 0.1) is 6.61 Å². The van der Waals surface area contributed by atoms with E-state index in [0.29, 0.717) is 29.1 Å². The van der Waals surface area contributed by atoms with Crippen LogP contribution in [0.1, 0.15) is 34.6 Å². The number of nitrogens with one attached hydrogen (secondary N) is 2. The van der Waals surface area contributed by atoms with E-state index in [-0.39, 0.29) is 11.8 Å². The summed E-state index contributed by atoms with van der Waals surface area (Å²) in [6, 6.07) is 21.4. The summed E-state index contributed by atoms with van der Waals surface area (Å²) in [5.74, 6) is 0.336. The van der Waals surface area contributed by atoms with Crippen LogP contribution in [0.4, 0.5) is 17.1 Å². The van der Waals surface area contributed by atoms with Gasteiger partial charge in [0, 0.05) is 41.8 Å². The number of hydrogen-bond donors (Lipinski definition) is 2. The number of carbonyl (C=O) groups excluding carboxylic acids is 2. The highest BCUT2D eigenvalue weighted by atomic mass is 16.5. The Balaban J connectivity index is 1.59. The van der Waals surface area contributed by atoms with E-state index in [9.17, 15) is 9.59 Å². The maximum absolute atomic E-state index is 12.5. The van der Waals surface area contributed by atoms with Crippen molar-refractivity contribution in [2.45, 2.75) is 13.8 Å². The number of amides is 2. The highest BCUT2D eigenvalue weighted by Crippen LogP contribution is 2.18. The average Bonchev–Trinajstić information content (AvgIpc) is 2.80. The van der Waals surface area contributed by atoms with Crippen molar-refractivity contribution < 1.29 is 14.3 Å². The summed E-state index contributed by atoms with van der Waals surface area (Å²) in [4.78, 5) is 27.0. The Morgan fingerprint density at radius 3 is 1.65 bits per heavy atom. The van der Waals surface area contributed by atoms with Gasteiger partial charge in [0.15, 0.2) is 0 Å². The molecule has 0 aliphatic heterocycles.